The number of likely N-dealkylation sites (tertiary alicyclic amines) is 1. The number of hydrogen-bond donors (Lipinski definition) is 1. The van der Waals surface area contributed by atoms with Gasteiger partial charge in [-0.1, -0.05) is 12.1 Å². The van der Waals surface area contributed by atoms with Gasteiger partial charge in [0.25, 0.3) is 5.91 Å². The van der Waals surface area contributed by atoms with Gasteiger partial charge in [-0.25, -0.2) is 8.42 Å². The van der Waals surface area contributed by atoms with Crippen molar-refractivity contribution in [3.8, 4) is 0 Å². The molecule has 4 heterocycles. The smallest absolute Gasteiger partial charge is 0.273 e. The molecule has 8 nitrogen and oxygen atoms in total. The van der Waals surface area contributed by atoms with E-state index >= 15 is 0 Å². The average Bonchev–Trinajstić information content (AvgIpc) is 3.27. The Morgan fingerprint density at radius 2 is 1.86 bits per heavy atom. The molecule has 162 valence electrons. The molecule has 3 saturated heterocycles. The van der Waals surface area contributed by atoms with E-state index < -0.39 is 10.0 Å². The minimum absolute atomic E-state index is 0.00109. The van der Waals surface area contributed by atoms with Gasteiger partial charge in [0.1, 0.15) is 5.76 Å². The number of aromatic nitrogens is 1. The molecule has 3 aliphatic rings. The molecule has 3 atom stereocenters. The van der Waals surface area contributed by atoms with E-state index in [1.165, 1.54) is 0 Å². The van der Waals surface area contributed by atoms with Crippen LogP contribution in [0.15, 0.2) is 10.6 Å². The fourth-order valence-corrected chi connectivity index (χ4v) is 7.56. The second-order valence-corrected chi connectivity index (χ2v) is 10.8. The molecule has 0 saturated carbocycles. The largest absolute Gasteiger partial charge is 0.361 e. The second-order valence-electron chi connectivity index (χ2n) is 8.91. The highest BCUT2D eigenvalue weighted by Crippen LogP contribution is 2.39. The molecule has 1 unspecified atom stereocenters. The van der Waals surface area contributed by atoms with Gasteiger partial charge in [-0.05, 0) is 64.6 Å². The first kappa shape index (κ1) is 20.8. The van der Waals surface area contributed by atoms with E-state index in [0.29, 0.717) is 30.7 Å². The Hall–Kier alpha value is -1.45. The molecule has 0 aromatic carbocycles. The highest BCUT2D eigenvalue weighted by Gasteiger charge is 2.47. The standard InChI is InChI=1S/C20H32N4O4S/c1-3-18-12-19(22-28-18)20(25)21-15-10-16-4-5-17(11-15)24(16)29(26,27)13-14-6-8-23(2)9-7-14/h12,14-17H,3-11,13H2,1-2H3,(H,21,25)/t15?,16-,17+. The number of piperidine rings is 2. The number of sulfonamides is 1. The Kier molecular flexibility index (Phi) is 5.99. The lowest BCUT2D eigenvalue weighted by atomic mass is 9.99. The summed E-state index contributed by atoms with van der Waals surface area (Å²) in [4.78, 5) is 14.7. The van der Waals surface area contributed by atoms with Crippen LogP contribution in [-0.2, 0) is 16.4 Å². The Bertz CT molecular complexity index is 817. The molecular weight excluding hydrogens is 392 g/mol. The van der Waals surface area contributed by atoms with Crippen molar-refractivity contribution in [1.29, 1.82) is 0 Å². The van der Waals surface area contributed by atoms with Gasteiger partial charge in [0.05, 0.1) is 5.75 Å². The zero-order valence-corrected chi connectivity index (χ0v) is 18.2. The van der Waals surface area contributed by atoms with Gasteiger partial charge in [-0.15, -0.1) is 0 Å². The van der Waals surface area contributed by atoms with E-state index in [9.17, 15) is 13.2 Å². The van der Waals surface area contributed by atoms with Crippen molar-refractivity contribution in [1.82, 2.24) is 19.7 Å². The maximum Gasteiger partial charge on any atom is 0.273 e. The maximum atomic E-state index is 13.2. The van der Waals surface area contributed by atoms with E-state index in [-0.39, 0.29) is 35.7 Å². The van der Waals surface area contributed by atoms with Crippen LogP contribution in [0.2, 0.25) is 0 Å². The van der Waals surface area contributed by atoms with Crippen LogP contribution < -0.4 is 5.32 Å². The number of amides is 1. The summed E-state index contributed by atoms with van der Waals surface area (Å²) in [5, 5.41) is 6.88. The highest BCUT2D eigenvalue weighted by molar-refractivity contribution is 7.89. The fraction of sp³-hybridized carbons (Fsp3) is 0.800. The number of carbonyl (C=O) groups is 1. The van der Waals surface area contributed by atoms with E-state index in [4.69, 9.17) is 4.52 Å². The van der Waals surface area contributed by atoms with Crippen LogP contribution in [0.1, 0.15) is 61.7 Å². The normalized spacial score (nSPS) is 29.2. The monoisotopic (exact) mass is 424 g/mol. The van der Waals surface area contributed by atoms with Crippen molar-refractivity contribution in [3.05, 3.63) is 17.5 Å². The minimum Gasteiger partial charge on any atom is -0.361 e. The van der Waals surface area contributed by atoms with Gasteiger partial charge in [0.2, 0.25) is 10.0 Å². The third kappa shape index (κ3) is 4.51. The summed E-state index contributed by atoms with van der Waals surface area (Å²) in [5.41, 5.74) is 0.298. The van der Waals surface area contributed by atoms with Crippen molar-refractivity contribution < 1.29 is 17.7 Å². The third-order valence-corrected chi connectivity index (χ3v) is 8.88. The Morgan fingerprint density at radius 3 is 2.45 bits per heavy atom. The second kappa shape index (κ2) is 8.35. The van der Waals surface area contributed by atoms with Crippen LogP contribution >= 0.6 is 0 Å². The van der Waals surface area contributed by atoms with Gasteiger partial charge in [-0.3, -0.25) is 4.79 Å². The summed E-state index contributed by atoms with van der Waals surface area (Å²) >= 11 is 0. The topological polar surface area (TPSA) is 95.8 Å². The lowest BCUT2D eigenvalue weighted by Gasteiger charge is -2.39. The summed E-state index contributed by atoms with van der Waals surface area (Å²) in [6, 6.07) is 1.65. The molecule has 0 radical (unpaired) electrons. The maximum absolute atomic E-state index is 13.2. The van der Waals surface area contributed by atoms with Crippen LogP contribution in [0.5, 0.6) is 0 Å². The van der Waals surface area contributed by atoms with Crippen molar-refractivity contribution in [2.24, 2.45) is 5.92 Å². The molecule has 3 fully saturated rings. The van der Waals surface area contributed by atoms with Gasteiger partial charge in [-0.2, -0.15) is 4.31 Å². The minimum atomic E-state index is -3.27. The fourth-order valence-electron chi connectivity index (χ4n) is 5.16. The van der Waals surface area contributed by atoms with Crippen molar-refractivity contribution in [3.63, 3.8) is 0 Å². The summed E-state index contributed by atoms with van der Waals surface area (Å²) < 4.78 is 33.3. The molecular formula is C20H32N4O4S. The summed E-state index contributed by atoms with van der Waals surface area (Å²) in [5.74, 6) is 0.974. The van der Waals surface area contributed by atoms with E-state index in [1.807, 2.05) is 6.92 Å². The molecule has 9 heteroatoms. The van der Waals surface area contributed by atoms with Crippen LogP contribution in [-0.4, -0.2) is 72.7 Å². The number of rotatable bonds is 6. The number of nitrogens with zero attached hydrogens (tertiary/aromatic N) is 3. The lowest BCUT2D eigenvalue weighted by Crippen LogP contribution is -2.53. The number of nitrogens with one attached hydrogen (secondary N) is 1. The number of carbonyl (C=O) groups excluding carboxylic acids is 1. The molecule has 2 bridgehead atoms. The van der Waals surface area contributed by atoms with Crippen LogP contribution in [0.4, 0.5) is 0 Å². The molecule has 1 amide bonds. The van der Waals surface area contributed by atoms with Crippen molar-refractivity contribution in [2.45, 2.75) is 70.0 Å². The molecule has 1 aromatic heterocycles. The zero-order chi connectivity index (χ0) is 20.6. The average molecular weight is 425 g/mol. The lowest BCUT2D eigenvalue weighted by molar-refractivity contribution is 0.0900. The molecule has 3 aliphatic heterocycles. The number of fused-ring (bicyclic) bond motifs is 2. The van der Waals surface area contributed by atoms with Crippen molar-refractivity contribution in [2.75, 3.05) is 25.9 Å². The predicted molar refractivity (Wildman–Crippen MR) is 109 cm³/mol. The van der Waals surface area contributed by atoms with Crippen LogP contribution in [0.3, 0.4) is 0 Å². The Labute approximate surface area is 173 Å². The number of aryl methyl sites for hydroxylation is 1. The molecule has 0 aliphatic carbocycles. The highest BCUT2D eigenvalue weighted by atomic mass is 32.2. The predicted octanol–water partition coefficient (Wildman–Crippen LogP) is 1.63. The summed E-state index contributed by atoms with van der Waals surface area (Å²) in [6.07, 6.45) is 5.71. The summed E-state index contributed by atoms with van der Waals surface area (Å²) in [7, 11) is -1.18. The van der Waals surface area contributed by atoms with Gasteiger partial charge in [0.15, 0.2) is 5.69 Å². The first-order valence-corrected chi connectivity index (χ1v) is 12.4. The summed E-state index contributed by atoms with van der Waals surface area (Å²) in [6.45, 7) is 3.90. The molecule has 1 N–H and O–H groups in total. The van der Waals surface area contributed by atoms with E-state index in [1.54, 1.807) is 10.4 Å². The van der Waals surface area contributed by atoms with E-state index in [0.717, 1.165) is 38.8 Å². The Morgan fingerprint density at radius 1 is 1.21 bits per heavy atom. The van der Waals surface area contributed by atoms with E-state index in [2.05, 4.69) is 22.4 Å². The van der Waals surface area contributed by atoms with Crippen molar-refractivity contribution >= 4 is 15.9 Å². The molecule has 29 heavy (non-hydrogen) atoms. The first-order valence-electron chi connectivity index (χ1n) is 10.8. The molecule has 4 rings (SSSR count). The van der Waals surface area contributed by atoms with Crippen LogP contribution in [0, 0.1) is 5.92 Å². The molecule has 1 aromatic rings. The SMILES string of the molecule is CCc1cc(C(=O)NC2C[C@H]3CC[C@@H](C2)N3S(=O)(=O)CC2CCN(C)CC2)no1. The Balaban J connectivity index is 1.36. The third-order valence-electron chi connectivity index (χ3n) is 6.75. The zero-order valence-electron chi connectivity index (χ0n) is 17.3. The van der Waals surface area contributed by atoms with Crippen LogP contribution in [0.25, 0.3) is 0 Å². The molecule has 0 spiro atoms. The first-order chi connectivity index (χ1) is 13.9. The number of hydrogen-bond acceptors (Lipinski definition) is 6. The van der Waals surface area contributed by atoms with Gasteiger partial charge >= 0.3 is 0 Å². The quantitative estimate of drug-likeness (QED) is 0.746. The van der Waals surface area contributed by atoms with Gasteiger partial charge in [0, 0.05) is 30.6 Å². The van der Waals surface area contributed by atoms with Gasteiger partial charge < -0.3 is 14.7 Å².